The van der Waals surface area contributed by atoms with E-state index in [-0.39, 0.29) is 40.1 Å². The van der Waals surface area contributed by atoms with Gasteiger partial charge < -0.3 is 15.0 Å². The van der Waals surface area contributed by atoms with E-state index in [1.807, 2.05) is 14.1 Å². The Morgan fingerprint density at radius 2 is 1.93 bits per heavy atom. The molecule has 0 bridgehead atoms. The zero-order valence-corrected chi connectivity index (χ0v) is 19.9. The lowest BCUT2D eigenvalue weighted by atomic mass is 10.1. The van der Waals surface area contributed by atoms with E-state index >= 15 is 0 Å². The van der Waals surface area contributed by atoms with Crippen LogP contribution in [0.25, 0.3) is 0 Å². The van der Waals surface area contributed by atoms with Crippen molar-refractivity contribution in [2.24, 2.45) is 0 Å². The third-order valence-electron chi connectivity index (χ3n) is 4.96. The first kappa shape index (κ1) is 25.4. The SMILES string of the molecule is CN(C)CCCCNC(=O)COCC1CCCCN1S(=O)(=O)c1c(Cl)cccc1Cl. The maximum absolute atomic E-state index is 13.2. The molecule has 1 saturated heterocycles. The number of amides is 1. The molecule has 7 nitrogen and oxygen atoms in total. The summed E-state index contributed by atoms with van der Waals surface area (Å²) in [6, 6.07) is 4.28. The summed E-state index contributed by atoms with van der Waals surface area (Å²) in [5.74, 6) is -0.195. The number of rotatable bonds is 11. The summed E-state index contributed by atoms with van der Waals surface area (Å²) in [6.45, 7) is 2.01. The highest BCUT2D eigenvalue weighted by atomic mass is 35.5. The molecular formula is C20H31Cl2N3O4S. The zero-order valence-electron chi connectivity index (χ0n) is 17.6. The van der Waals surface area contributed by atoms with Crippen molar-refractivity contribution in [2.75, 3.05) is 46.9 Å². The Hall–Kier alpha value is -0.900. The number of halogens is 2. The molecule has 1 unspecified atom stereocenters. The quantitative estimate of drug-likeness (QED) is 0.493. The fourth-order valence-electron chi connectivity index (χ4n) is 3.42. The first-order chi connectivity index (χ1) is 14.2. The maximum atomic E-state index is 13.2. The van der Waals surface area contributed by atoms with Crippen molar-refractivity contribution in [1.29, 1.82) is 0 Å². The minimum atomic E-state index is -3.87. The number of hydrogen-bond acceptors (Lipinski definition) is 5. The number of unbranched alkanes of at least 4 members (excludes halogenated alkanes) is 1. The number of carbonyl (C=O) groups is 1. The largest absolute Gasteiger partial charge is 0.370 e. The first-order valence-corrected chi connectivity index (χ1v) is 12.4. The van der Waals surface area contributed by atoms with Gasteiger partial charge in [0, 0.05) is 19.1 Å². The van der Waals surface area contributed by atoms with Gasteiger partial charge in [0.1, 0.15) is 11.5 Å². The predicted octanol–water partition coefficient (Wildman–Crippen LogP) is 3.01. The van der Waals surface area contributed by atoms with E-state index in [9.17, 15) is 13.2 Å². The normalized spacial score (nSPS) is 18.0. The second-order valence-corrected chi connectivity index (χ2v) is 10.3. The molecule has 0 radical (unpaired) electrons. The lowest BCUT2D eigenvalue weighted by Gasteiger charge is -2.34. The van der Waals surface area contributed by atoms with E-state index in [4.69, 9.17) is 27.9 Å². The Morgan fingerprint density at radius 1 is 1.23 bits per heavy atom. The van der Waals surface area contributed by atoms with E-state index in [1.54, 1.807) is 6.07 Å². The van der Waals surface area contributed by atoms with Crippen LogP contribution in [0.5, 0.6) is 0 Å². The molecule has 2 rings (SSSR count). The number of nitrogens with zero attached hydrogens (tertiary/aromatic N) is 2. The van der Waals surface area contributed by atoms with E-state index in [2.05, 4.69) is 10.2 Å². The van der Waals surface area contributed by atoms with E-state index in [0.717, 1.165) is 32.2 Å². The van der Waals surface area contributed by atoms with Crippen molar-refractivity contribution in [3.63, 3.8) is 0 Å². The molecule has 1 amide bonds. The average molecular weight is 480 g/mol. The molecule has 1 aromatic rings. The maximum Gasteiger partial charge on any atom is 0.246 e. The van der Waals surface area contributed by atoms with Crippen molar-refractivity contribution < 1.29 is 17.9 Å². The zero-order chi connectivity index (χ0) is 22.1. The van der Waals surface area contributed by atoms with E-state index in [1.165, 1.54) is 16.4 Å². The fraction of sp³-hybridized carbons (Fsp3) is 0.650. The van der Waals surface area contributed by atoms with Crippen LogP contribution in [0.3, 0.4) is 0 Å². The third-order valence-corrected chi connectivity index (χ3v) is 7.86. The van der Waals surface area contributed by atoms with Crippen LogP contribution in [-0.2, 0) is 19.6 Å². The Labute approximate surface area is 189 Å². The van der Waals surface area contributed by atoms with Crippen molar-refractivity contribution >= 4 is 39.1 Å². The van der Waals surface area contributed by atoms with Gasteiger partial charge in [0.2, 0.25) is 15.9 Å². The van der Waals surface area contributed by atoms with Crippen molar-refractivity contribution in [3.05, 3.63) is 28.2 Å². The van der Waals surface area contributed by atoms with Gasteiger partial charge in [-0.3, -0.25) is 4.79 Å². The Balaban J connectivity index is 1.88. The first-order valence-electron chi connectivity index (χ1n) is 10.2. The highest BCUT2D eigenvalue weighted by Crippen LogP contribution is 2.34. The fourth-order valence-corrected chi connectivity index (χ4v) is 6.20. The molecule has 1 aromatic carbocycles. The number of ether oxygens (including phenoxy) is 1. The molecule has 1 atom stereocenters. The topological polar surface area (TPSA) is 79.0 Å². The molecule has 1 heterocycles. The number of sulfonamides is 1. The Bertz CT molecular complexity index is 785. The minimum Gasteiger partial charge on any atom is -0.370 e. The van der Waals surface area contributed by atoms with Gasteiger partial charge in [-0.15, -0.1) is 0 Å². The van der Waals surface area contributed by atoms with Gasteiger partial charge in [0.15, 0.2) is 0 Å². The monoisotopic (exact) mass is 479 g/mol. The van der Waals surface area contributed by atoms with Gasteiger partial charge in [-0.2, -0.15) is 4.31 Å². The molecule has 1 aliphatic heterocycles. The summed E-state index contributed by atoms with van der Waals surface area (Å²) in [4.78, 5) is 14.0. The average Bonchev–Trinajstić information content (AvgIpc) is 2.67. The number of benzene rings is 1. The van der Waals surface area contributed by atoms with Crippen LogP contribution < -0.4 is 5.32 Å². The lowest BCUT2D eigenvalue weighted by Crippen LogP contribution is -2.46. The van der Waals surface area contributed by atoms with Gasteiger partial charge in [-0.1, -0.05) is 35.7 Å². The summed E-state index contributed by atoms with van der Waals surface area (Å²) in [6.07, 6.45) is 4.22. The van der Waals surface area contributed by atoms with Gasteiger partial charge >= 0.3 is 0 Å². The Morgan fingerprint density at radius 3 is 2.60 bits per heavy atom. The van der Waals surface area contributed by atoms with Crippen LogP contribution in [0.2, 0.25) is 10.0 Å². The second kappa shape index (κ2) is 12.2. The number of carbonyl (C=O) groups excluding carboxylic acids is 1. The molecule has 1 aliphatic rings. The molecule has 0 saturated carbocycles. The van der Waals surface area contributed by atoms with Crippen LogP contribution in [-0.4, -0.2) is 76.5 Å². The number of nitrogens with one attached hydrogen (secondary N) is 1. The summed E-state index contributed by atoms with van der Waals surface area (Å²) >= 11 is 12.3. The highest BCUT2D eigenvalue weighted by molar-refractivity contribution is 7.89. The molecule has 30 heavy (non-hydrogen) atoms. The second-order valence-electron chi connectivity index (χ2n) is 7.69. The summed E-state index contributed by atoms with van der Waals surface area (Å²) in [7, 11) is 0.164. The Kier molecular flexibility index (Phi) is 10.3. The van der Waals surface area contributed by atoms with Crippen LogP contribution >= 0.6 is 23.2 Å². The van der Waals surface area contributed by atoms with E-state index in [0.29, 0.717) is 19.5 Å². The highest BCUT2D eigenvalue weighted by Gasteiger charge is 2.36. The van der Waals surface area contributed by atoms with Crippen LogP contribution in [0.4, 0.5) is 0 Å². The van der Waals surface area contributed by atoms with Crippen molar-refractivity contribution in [1.82, 2.24) is 14.5 Å². The van der Waals surface area contributed by atoms with Gasteiger partial charge in [-0.05, 0) is 58.5 Å². The molecular weight excluding hydrogens is 449 g/mol. The van der Waals surface area contributed by atoms with Gasteiger partial charge in [0.05, 0.1) is 16.7 Å². The smallest absolute Gasteiger partial charge is 0.246 e. The molecule has 0 spiro atoms. The van der Waals surface area contributed by atoms with Crippen molar-refractivity contribution in [2.45, 2.75) is 43.0 Å². The summed E-state index contributed by atoms with van der Waals surface area (Å²) in [5.41, 5.74) is 0. The van der Waals surface area contributed by atoms with Crippen LogP contribution in [0.15, 0.2) is 23.1 Å². The van der Waals surface area contributed by atoms with Gasteiger partial charge in [-0.25, -0.2) is 8.42 Å². The van der Waals surface area contributed by atoms with Crippen LogP contribution in [0.1, 0.15) is 32.1 Å². The molecule has 0 aliphatic carbocycles. The number of piperidine rings is 1. The van der Waals surface area contributed by atoms with Gasteiger partial charge in [0.25, 0.3) is 0 Å². The van der Waals surface area contributed by atoms with Crippen LogP contribution in [0, 0.1) is 0 Å². The molecule has 10 heteroatoms. The lowest BCUT2D eigenvalue weighted by molar-refractivity contribution is -0.126. The summed E-state index contributed by atoms with van der Waals surface area (Å²) < 4.78 is 33.4. The third kappa shape index (κ3) is 7.35. The minimum absolute atomic E-state index is 0.0734. The standard InChI is InChI=1S/C20H31Cl2N3O4S/c1-24(2)12-6-4-11-23-19(26)15-29-14-16-8-3-5-13-25(16)30(27,28)20-17(21)9-7-10-18(20)22/h7,9-10,16H,3-6,8,11-15H2,1-2H3,(H,23,26). The molecule has 1 fully saturated rings. The molecule has 1 N–H and O–H groups in total. The number of hydrogen-bond donors (Lipinski definition) is 1. The molecule has 170 valence electrons. The molecule has 0 aromatic heterocycles. The predicted molar refractivity (Wildman–Crippen MR) is 120 cm³/mol. The summed E-state index contributed by atoms with van der Waals surface area (Å²) in [5, 5.41) is 3.02. The van der Waals surface area contributed by atoms with E-state index < -0.39 is 10.0 Å². The van der Waals surface area contributed by atoms with Crippen molar-refractivity contribution in [3.8, 4) is 0 Å².